The maximum Gasteiger partial charge on any atom is 0.0982 e. The molecule has 4 unspecified atom stereocenters. The molecule has 1 heterocycles. The van der Waals surface area contributed by atoms with Crippen molar-refractivity contribution >= 4 is 0 Å². The minimum Gasteiger partial charge on any atom is -0.377 e. The lowest BCUT2D eigenvalue weighted by molar-refractivity contribution is 0.105. The molecule has 0 radical (unpaired) electrons. The molecular weight excluding hydrogens is 212 g/mol. The lowest BCUT2D eigenvalue weighted by Crippen LogP contribution is -2.41. The molecule has 0 aromatic carbocycles. The normalized spacial score (nSPS) is 35.4. The zero-order valence-corrected chi connectivity index (χ0v) is 10.8. The molecule has 0 bridgehead atoms. The van der Waals surface area contributed by atoms with Crippen molar-refractivity contribution in [3.8, 4) is 6.07 Å². The van der Waals surface area contributed by atoms with Crippen molar-refractivity contribution in [1.82, 2.24) is 5.32 Å². The van der Waals surface area contributed by atoms with Crippen molar-refractivity contribution in [3.05, 3.63) is 0 Å². The Morgan fingerprint density at radius 3 is 2.88 bits per heavy atom. The molecule has 0 aromatic heterocycles. The third-order valence-corrected chi connectivity index (χ3v) is 4.18. The third kappa shape index (κ3) is 3.69. The van der Waals surface area contributed by atoms with Crippen LogP contribution >= 0.6 is 0 Å². The number of ether oxygens (including phenoxy) is 1. The van der Waals surface area contributed by atoms with Gasteiger partial charge in [0.2, 0.25) is 0 Å². The van der Waals surface area contributed by atoms with Gasteiger partial charge in [0.15, 0.2) is 0 Å². The van der Waals surface area contributed by atoms with E-state index in [0.29, 0.717) is 12.0 Å². The highest BCUT2D eigenvalue weighted by molar-refractivity contribution is 4.97. The van der Waals surface area contributed by atoms with Gasteiger partial charge in [0, 0.05) is 13.2 Å². The molecule has 3 heteroatoms. The first-order valence-corrected chi connectivity index (χ1v) is 7.04. The summed E-state index contributed by atoms with van der Waals surface area (Å²) in [6.07, 6.45) is 7.69. The van der Waals surface area contributed by atoms with Crippen molar-refractivity contribution < 1.29 is 4.74 Å². The fourth-order valence-electron chi connectivity index (χ4n) is 3.17. The molecule has 0 aromatic rings. The van der Waals surface area contributed by atoms with Crippen LogP contribution in [-0.2, 0) is 4.74 Å². The average Bonchev–Trinajstić information content (AvgIpc) is 2.83. The minimum atomic E-state index is 0.0296. The van der Waals surface area contributed by atoms with Gasteiger partial charge in [-0.15, -0.1) is 0 Å². The Morgan fingerprint density at radius 2 is 2.24 bits per heavy atom. The van der Waals surface area contributed by atoms with E-state index < -0.39 is 0 Å². The molecule has 1 saturated carbocycles. The molecule has 1 N–H and O–H groups in total. The van der Waals surface area contributed by atoms with Crippen LogP contribution in [0, 0.1) is 23.2 Å². The van der Waals surface area contributed by atoms with Gasteiger partial charge in [-0.05, 0) is 37.5 Å². The van der Waals surface area contributed by atoms with Gasteiger partial charge in [0.1, 0.15) is 0 Å². The Kier molecular flexibility index (Phi) is 4.82. The van der Waals surface area contributed by atoms with Crippen LogP contribution in [0.1, 0.15) is 45.4 Å². The van der Waals surface area contributed by atoms with E-state index in [2.05, 4.69) is 18.3 Å². The zero-order valence-electron chi connectivity index (χ0n) is 10.8. The largest absolute Gasteiger partial charge is 0.377 e. The molecule has 2 rings (SSSR count). The van der Waals surface area contributed by atoms with E-state index in [9.17, 15) is 5.26 Å². The van der Waals surface area contributed by atoms with Crippen molar-refractivity contribution in [3.63, 3.8) is 0 Å². The second-order valence-corrected chi connectivity index (χ2v) is 5.68. The SMILES string of the molecule is CC1CCCC(C(C#N)NCC2CCCO2)C1. The second-order valence-electron chi connectivity index (χ2n) is 5.68. The van der Waals surface area contributed by atoms with Gasteiger partial charge in [-0.2, -0.15) is 5.26 Å². The molecule has 1 aliphatic heterocycles. The van der Waals surface area contributed by atoms with Crippen LogP contribution in [0.2, 0.25) is 0 Å². The topological polar surface area (TPSA) is 45.0 Å². The van der Waals surface area contributed by atoms with E-state index in [1.54, 1.807) is 0 Å². The molecule has 2 aliphatic rings. The molecule has 0 spiro atoms. The summed E-state index contributed by atoms with van der Waals surface area (Å²) in [6, 6.07) is 2.48. The number of hydrogen-bond donors (Lipinski definition) is 1. The van der Waals surface area contributed by atoms with E-state index in [0.717, 1.165) is 25.5 Å². The third-order valence-electron chi connectivity index (χ3n) is 4.18. The van der Waals surface area contributed by atoms with Gasteiger partial charge in [-0.3, -0.25) is 5.32 Å². The van der Waals surface area contributed by atoms with Crippen LogP contribution in [0.3, 0.4) is 0 Å². The first kappa shape index (κ1) is 12.9. The minimum absolute atomic E-state index is 0.0296. The second kappa shape index (κ2) is 6.37. The van der Waals surface area contributed by atoms with E-state index in [1.807, 2.05) is 0 Å². The van der Waals surface area contributed by atoms with Crippen molar-refractivity contribution in [2.24, 2.45) is 11.8 Å². The van der Waals surface area contributed by atoms with E-state index in [1.165, 1.54) is 32.1 Å². The molecule has 4 atom stereocenters. The lowest BCUT2D eigenvalue weighted by atomic mass is 9.79. The molecular formula is C14H24N2O. The summed E-state index contributed by atoms with van der Waals surface area (Å²) in [7, 11) is 0. The van der Waals surface area contributed by atoms with Crippen LogP contribution in [0.4, 0.5) is 0 Å². The van der Waals surface area contributed by atoms with Crippen molar-refractivity contribution in [2.45, 2.75) is 57.6 Å². The van der Waals surface area contributed by atoms with E-state index >= 15 is 0 Å². The Morgan fingerprint density at radius 1 is 1.35 bits per heavy atom. The van der Waals surface area contributed by atoms with Gasteiger partial charge in [0.25, 0.3) is 0 Å². The maximum absolute atomic E-state index is 9.29. The molecule has 96 valence electrons. The van der Waals surface area contributed by atoms with Crippen LogP contribution < -0.4 is 5.32 Å². The van der Waals surface area contributed by atoms with Gasteiger partial charge in [-0.1, -0.05) is 19.8 Å². The van der Waals surface area contributed by atoms with Gasteiger partial charge < -0.3 is 4.74 Å². The van der Waals surface area contributed by atoms with Crippen LogP contribution in [0.25, 0.3) is 0 Å². The molecule has 17 heavy (non-hydrogen) atoms. The highest BCUT2D eigenvalue weighted by Gasteiger charge is 2.27. The summed E-state index contributed by atoms with van der Waals surface area (Å²) in [5.74, 6) is 1.33. The smallest absolute Gasteiger partial charge is 0.0982 e. The number of nitrogens with one attached hydrogen (secondary N) is 1. The summed E-state index contributed by atoms with van der Waals surface area (Å²) < 4.78 is 5.58. The monoisotopic (exact) mass is 236 g/mol. The summed E-state index contributed by atoms with van der Waals surface area (Å²) >= 11 is 0. The Balaban J connectivity index is 1.77. The molecule has 1 saturated heterocycles. The van der Waals surface area contributed by atoms with Gasteiger partial charge in [0.05, 0.1) is 18.2 Å². The number of nitrogens with zero attached hydrogens (tertiary/aromatic N) is 1. The first-order valence-electron chi connectivity index (χ1n) is 7.04. The highest BCUT2D eigenvalue weighted by Crippen LogP contribution is 2.30. The van der Waals surface area contributed by atoms with Crippen molar-refractivity contribution in [2.75, 3.05) is 13.2 Å². The first-order chi connectivity index (χ1) is 8.29. The maximum atomic E-state index is 9.29. The quantitative estimate of drug-likeness (QED) is 0.815. The lowest BCUT2D eigenvalue weighted by Gasteiger charge is -2.30. The zero-order chi connectivity index (χ0) is 12.1. The van der Waals surface area contributed by atoms with Gasteiger partial charge >= 0.3 is 0 Å². The van der Waals surface area contributed by atoms with Crippen molar-refractivity contribution in [1.29, 1.82) is 5.26 Å². The summed E-state index contributed by atoms with van der Waals surface area (Å²) in [4.78, 5) is 0. The predicted molar refractivity (Wildman–Crippen MR) is 67.5 cm³/mol. The average molecular weight is 236 g/mol. The Labute approximate surface area is 105 Å². The number of nitriles is 1. The number of hydrogen-bond acceptors (Lipinski definition) is 3. The molecule has 3 nitrogen and oxygen atoms in total. The summed E-state index contributed by atoms with van der Waals surface area (Å²) in [5, 5.41) is 12.7. The Hall–Kier alpha value is -0.590. The summed E-state index contributed by atoms with van der Waals surface area (Å²) in [5.41, 5.74) is 0. The van der Waals surface area contributed by atoms with Crippen LogP contribution in [0.15, 0.2) is 0 Å². The summed E-state index contributed by atoms with van der Waals surface area (Å²) in [6.45, 7) is 4.05. The predicted octanol–water partition coefficient (Wildman–Crippen LogP) is 2.47. The van der Waals surface area contributed by atoms with Gasteiger partial charge in [-0.25, -0.2) is 0 Å². The molecule has 2 fully saturated rings. The Bertz CT molecular complexity index is 268. The fraction of sp³-hybridized carbons (Fsp3) is 0.929. The molecule has 1 aliphatic carbocycles. The fourth-order valence-corrected chi connectivity index (χ4v) is 3.17. The van der Waals surface area contributed by atoms with E-state index in [-0.39, 0.29) is 6.04 Å². The molecule has 0 amide bonds. The highest BCUT2D eigenvalue weighted by atomic mass is 16.5. The standard InChI is InChI=1S/C14H24N2O/c1-11-4-2-5-12(8-11)14(9-15)16-10-13-6-3-7-17-13/h11-14,16H,2-8,10H2,1H3. The van der Waals surface area contributed by atoms with Crippen LogP contribution in [0.5, 0.6) is 0 Å². The van der Waals surface area contributed by atoms with Crippen LogP contribution in [-0.4, -0.2) is 25.3 Å². The number of rotatable bonds is 4. The van der Waals surface area contributed by atoms with E-state index in [4.69, 9.17) is 4.74 Å².